The van der Waals surface area contributed by atoms with Gasteiger partial charge < -0.3 is 10.8 Å². The monoisotopic (exact) mass is 181 g/mol. The molecule has 0 radical (unpaired) electrons. The molecule has 0 spiro atoms. The third-order valence-electron chi connectivity index (χ3n) is 2.56. The molecule has 1 fully saturated rings. The van der Waals surface area contributed by atoms with Crippen molar-refractivity contribution in [3.63, 3.8) is 0 Å². The van der Waals surface area contributed by atoms with E-state index < -0.39 is 5.60 Å². The Morgan fingerprint density at radius 1 is 1.46 bits per heavy atom. The fourth-order valence-corrected chi connectivity index (χ4v) is 1.82. The minimum atomic E-state index is -0.887. The fourth-order valence-electron chi connectivity index (χ4n) is 1.82. The molecular weight excluding hydrogens is 169 g/mol. The van der Waals surface area contributed by atoms with E-state index >= 15 is 0 Å². The van der Waals surface area contributed by atoms with Crippen LogP contribution in [0.4, 0.5) is 4.39 Å². The molecule has 1 aliphatic carbocycles. The van der Waals surface area contributed by atoms with E-state index in [-0.39, 0.29) is 11.9 Å². The second kappa shape index (κ2) is 2.79. The van der Waals surface area contributed by atoms with Crippen LogP contribution in [0.5, 0.6) is 0 Å². The molecule has 2 rings (SSSR count). The maximum Gasteiger partial charge on any atom is 0.123 e. The molecule has 0 unspecified atom stereocenters. The van der Waals surface area contributed by atoms with E-state index in [0.29, 0.717) is 18.4 Å². The minimum Gasteiger partial charge on any atom is -0.385 e. The first-order valence-corrected chi connectivity index (χ1v) is 4.34. The van der Waals surface area contributed by atoms with Crippen molar-refractivity contribution in [2.75, 3.05) is 0 Å². The molecule has 1 aliphatic rings. The first kappa shape index (κ1) is 8.66. The maximum atomic E-state index is 12.8. The first-order chi connectivity index (χ1) is 6.10. The van der Waals surface area contributed by atoms with Gasteiger partial charge in [0.1, 0.15) is 5.82 Å². The third kappa shape index (κ3) is 1.45. The van der Waals surface area contributed by atoms with Gasteiger partial charge in [-0.05, 0) is 30.5 Å². The molecule has 0 bridgehead atoms. The van der Waals surface area contributed by atoms with Crippen molar-refractivity contribution < 1.29 is 9.50 Å². The predicted molar refractivity (Wildman–Crippen MR) is 47.5 cm³/mol. The number of hydrogen-bond acceptors (Lipinski definition) is 2. The molecule has 70 valence electrons. The molecule has 0 aromatic heterocycles. The van der Waals surface area contributed by atoms with E-state index in [9.17, 15) is 9.50 Å². The lowest BCUT2D eigenvalue weighted by Crippen LogP contribution is -2.49. The smallest absolute Gasteiger partial charge is 0.123 e. The lowest BCUT2D eigenvalue weighted by Gasteiger charge is -2.42. The summed E-state index contributed by atoms with van der Waals surface area (Å²) in [6.45, 7) is 0. The average molecular weight is 181 g/mol. The average Bonchev–Trinajstić information content (AvgIpc) is 2.02. The Kier molecular flexibility index (Phi) is 1.86. The van der Waals surface area contributed by atoms with Crippen LogP contribution in [0.3, 0.4) is 0 Å². The van der Waals surface area contributed by atoms with Crippen molar-refractivity contribution in [2.24, 2.45) is 5.73 Å². The van der Waals surface area contributed by atoms with Gasteiger partial charge in [-0.2, -0.15) is 0 Å². The largest absolute Gasteiger partial charge is 0.385 e. The van der Waals surface area contributed by atoms with Crippen LogP contribution < -0.4 is 5.73 Å². The second-order valence-electron chi connectivity index (χ2n) is 3.71. The lowest BCUT2D eigenvalue weighted by atomic mass is 9.72. The molecule has 0 aliphatic heterocycles. The van der Waals surface area contributed by atoms with Crippen molar-refractivity contribution >= 4 is 0 Å². The number of rotatable bonds is 1. The number of benzene rings is 1. The number of hydrogen-bond donors (Lipinski definition) is 2. The van der Waals surface area contributed by atoms with Crippen molar-refractivity contribution in [3.05, 3.63) is 35.6 Å². The Bertz CT molecular complexity index is 320. The SMILES string of the molecule is NC1CC(O)(c2cccc(F)c2)C1. The van der Waals surface area contributed by atoms with Gasteiger partial charge in [-0.3, -0.25) is 0 Å². The van der Waals surface area contributed by atoms with Crippen LogP contribution in [-0.2, 0) is 5.60 Å². The Morgan fingerprint density at radius 3 is 2.69 bits per heavy atom. The van der Waals surface area contributed by atoms with E-state index in [4.69, 9.17) is 5.73 Å². The quantitative estimate of drug-likeness (QED) is 0.682. The molecule has 1 aromatic rings. The molecular formula is C10H12FNO. The Hall–Kier alpha value is -0.930. The Balaban J connectivity index is 2.26. The van der Waals surface area contributed by atoms with Gasteiger partial charge in [-0.15, -0.1) is 0 Å². The van der Waals surface area contributed by atoms with Gasteiger partial charge in [0.2, 0.25) is 0 Å². The van der Waals surface area contributed by atoms with E-state index in [2.05, 4.69) is 0 Å². The van der Waals surface area contributed by atoms with Gasteiger partial charge in [0.15, 0.2) is 0 Å². The predicted octanol–water partition coefficient (Wildman–Crippen LogP) is 1.13. The van der Waals surface area contributed by atoms with Crippen molar-refractivity contribution in [2.45, 2.75) is 24.5 Å². The van der Waals surface area contributed by atoms with Crippen LogP contribution >= 0.6 is 0 Å². The summed E-state index contributed by atoms with van der Waals surface area (Å²) < 4.78 is 12.8. The number of nitrogens with two attached hydrogens (primary N) is 1. The van der Waals surface area contributed by atoms with Crippen LogP contribution in [-0.4, -0.2) is 11.1 Å². The van der Waals surface area contributed by atoms with Crippen LogP contribution in [0.25, 0.3) is 0 Å². The normalized spacial score (nSPS) is 32.7. The topological polar surface area (TPSA) is 46.2 Å². The van der Waals surface area contributed by atoms with E-state index in [0.717, 1.165) is 0 Å². The summed E-state index contributed by atoms with van der Waals surface area (Å²) in [7, 11) is 0. The van der Waals surface area contributed by atoms with E-state index in [1.54, 1.807) is 12.1 Å². The van der Waals surface area contributed by atoms with Crippen LogP contribution in [0.1, 0.15) is 18.4 Å². The van der Waals surface area contributed by atoms with Gasteiger partial charge in [0.05, 0.1) is 5.60 Å². The fraction of sp³-hybridized carbons (Fsp3) is 0.400. The molecule has 0 heterocycles. The lowest BCUT2D eigenvalue weighted by molar-refractivity contribution is -0.0525. The summed E-state index contributed by atoms with van der Waals surface area (Å²) in [5.41, 5.74) is 5.32. The highest BCUT2D eigenvalue weighted by molar-refractivity contribution is 5.26. The van der Waals surface area contributed by atoms with Gasteiger partial charge in [-0.1, -0.05) is 12.1 Å². The Morgan fingerprint density at radius 2 is 2.15 bits per heavy atom. The molecule has 1 saturated carbocycles. The second-order valence-corrected chi connectivity index (χ2v) is 3.71. The van der Waals surface area contributed by atoms with Crippen molar-refractivity contribution in [3.8, 4) is 0 Å². The summed E-state index contributed by atoms with van der Waals surface area (Å²) in [5.74, 6) is -0.314. The zero-order chi connectivity index (χ0) is 9.47. The van der Waals surface area contributed by atoms with Gasteiger partial charge in [0, 0.05) is 6.04 Å². The summed E-state index contributed by atoms with van der Waals surface area (Å²) in [4.78, 5) is 0. The highest BCUT2D eigenvalue weighted by Crippen LogP contribution is 2.40. The van der Waals surface area contributed by atoms with Crippen LogP contribution in [0.15, 0.2) is 24.3 Å². The summed E-state index contributed by atoms with van der Waals surface area (Å²) in [5, 5.41) is 9.93. The molecule has 1 aromatic carbocycles. The molecule has 13 heavy (non-hydrogen) atoms. The third-order valence-corrected chi connectivity index (χ3v) is 2.56. The first-order valence-electron chi connectivity index (χ1n) is 4.34. The highest BCUT2D eigenvalue weighted by atomic mass is 19.1. The van der Waals surface area contributed by atoms with Crippen LogP contribution in [0.2, 0.25) is 0 Å². The standard InChI is InChI=1S/C10H12FNO/c11-8-3-1-2-7(4-8)10(13)5-9(12)6-10/h1-4,9,13H,5-6,12H2. The molecule has 0 atom stereocenters. The van der Waals surface area contributed by atoms with E-state index in [1.165, 1.54) is 12.1 Å². The zero-order valence-electron chi connectivity index (χ0n) is 7.20. The molecule has 0 amide bonds. The summed E-state index contributed by atoms with van der Waals surface area (Å²) in [6.07, 6.45) is 1.05. The highest BCUT2D eigenvalue weighted by Gasteiger charge is 2.42. The summed E-state index contributed by atoms with van der Waals surface area (Å²) >= 11 is 0. The molecule has 3 N–H and O–H groups in total. The van der Waals surface area contributed by atoms with Gasteiger partial charge >= 0.3 is 0 Å². The van der Waals surface area contributed by atoms with Crippen LogP contribution in [0, 0.1) is 5.82 Å². The van der Waals surface area contributed by atoms with Crippen molar-refractivity contribution in [1.82, 2.24) is 0 Å². The van der Waals surface area contributed by atoms with Gasteiger partial charge in [-0.25, -0.2) is 4.39 Å². The molecule has 3 heteroatoms. The van der Waals surface area contributed by atoms with E-state index in [1.807, 2.05) is 0 Å². The van der Waals surface area contributed by atoms with Crippen molar-refractivity contribution in [1.29, 1.82) is 0 Å². The number of aliphatic hydroxyl groups is 1. The molecule has 0 saturated heterocycles. The Labute approximate surface area is 76.2 Å². The molecule has 2 nitrogen and oxygen atoms in total. The zero-order valence-corrected chi connectivity index (χ0v) is 7.20. The minimum absolute atomic E-state index is 0.0493. The number of halogens is 1. The summed E-state index contributed by atoms with van der Waals surface area (Å²) in [6, 6.07) is 6.12. The van der Waals surface area contributed by atoms with Gasteiger partial charge in [0.25, 0.3) is 0 Å². The maximum absolute atomic E-state index is 12.8.